The number of hydrogen-bond acceptors (Lipinski definition) is 13. The number of hydrogen-bond donors (Lipinski definition) is 4. The fraction of sp³-hybridized carbons (Fsp3) is 0.353. The van der Waals surface area contributed by atoms with Crippen molar-refractivity contribution in [3.63, 3.8) is 0 Å². The molecule has 2 saturated heterocycles. The van der Waals surface area contributed by atoms with Gasteiger partial charge < -0.3 is 26.0 Å². The predicted molar refractivity (Wildman–Crippen MR) is 204 cm³/mol. The lowest BCUT2D eigenvalue weighted by Gasteiger charge is -2.26. The zero-order valence-electron chi connectivity index (χ0n) is 28.0. The van der Waals surface area contributed by atoms with Crippen LogP contribution in [0.2, 0.25) is 0 Å². The second-order valence-corrected chi connectivity index (χ2v) is 13.6. The standard InChI is InChI=1S/C17H19BrN6O.C11H8BrN5.C6H13NO2/c18-13-3-1-12(2-4-13)15-14-16(19)20-11-21-17(14)24(22-15)6-5-23-7-9-25-10-8-23;12-7-3-1-6(2-4-7)9-8-10(13)14-5-15-11(8)17-16-9;8-4-1-7-2-5-9-6-3-7/h1-4,11H,5-10H2,(H2,19,20,21);1-5H,(H3,13,14,15,16,17);8H,1-6H2. The van der Waals surface area contributed by atoms with Crippen molar-refractivity contribution in [1.82, 2.24) is 49.7 Å². The zero-order chi connectivity index (χ0) is 35.6. The lowest BCUT2D eigenvalue weighted by atomic mass is 10.1. The molecule has 0 spiro atoms. The highest BCUT2D eigenvalue weighted by atomic mass is 79.9. The van der Waals surface area contributed by atoms with Crippen LogP contribution in [0.4, 0.5) is 11.6 Å². The number of rotatable bonds is 7. The number of nitrogen functional groups attached to an aromatic ring is 2. The van der Waals surface area contributed by atoms with Crippen LogP contribution in [-0.4, -0.2) is 127 Å². The lowest BCUT2D eigenvalue weighted by molar-refractivity contribution is 0.0306. The third kappa shape index (κ3) is 9.42. The van der Waals surface area contributed by atoms with Gasteiger partial charge >= 0.3 is 0 Å². The van der Waals surface area contributed by atoms with E-state index in [0.29, 0.717) is 17.3 Å². The summed E-state index contributed by atoms with van der Waals surface area (Å²) in [6.45, 7) is 9.79. The van der Waals surface area contributed by atoms with E-state index in [-0.39, 0.29) is 6.61 Å². The van der Waals surface area contributed by atoms with Gasteiger partial charge in [0.05, 0.1) is 56.0 Å². The highest BCUT2D eigenvalue weighted by Gasteiger charge is 2.18. The molecule has 6 aromatic rings. The Balaban J connectivity index is 0.000000148. The van der Waals surface area contributed by atoms with Crippen molar-refractivity contribution in [2.75, 3.05) is 83.8 Å². The summed E-state index contributed by atoms with van der Waals surface area (Å²) in [7, 11) is 0. The Morgan fingerprint density at radius 1 is 0.686 bits per heavy atom. The van der Waals surface area contributed by atoms with Gasteiger partial charge in [-0.1, -0.05) is 56.1 Å². The van der Waals surface area contributed by atoms with Gasteiger partial charge in [0, 0.05) is 59.3 Å². The number of aromatic amines is 1. The molecule has 17 heteroatoms. The molecule has 2 aliphatic heterocycles. The van der Waals surface area contributed by atoms with Crippen molar-refractivity contribution < 1.29 is 14.6 Å². The number of H-pyrrole nitrogens is 1. The van der Waals surface area contributed by atoms with E-state index in [1.54, 1.807) is 0 Å². The van der Waals surface area contributed by atoms with Crippen LogP contribution in [0.1, 0.15) is 0 Å². The van der Waals surface area contributed by atoms with Gasteiger partial charge in [-0.15, -0.1) is 0 Å². The monoisotopic (exact) mass is 822 g/mol. The number of halogens is 2. The fourth-order valence-electron chi connectivity index (χ4n) is 5.73. The molecular formula is C34H40Br2N12O3. The zero-order valence-corrected chi connectivity index (χ0v) is 31.1. The minimum Gasteiger partial charge on any atom is -0.395 e. The fourth-order valence-corrected chi connectivity index (χ4v) is 6.26. The van der Waals surface area contributed by atoms with Crippen LogP contribution in [0.5, 0.6) is 0 Å². The molecule has 6 N–H and O–H groups in total. The number of ether oxygens (including phenoxy) is 2. The normalized spacial score (nSPS) is 15.3. The SMILES string of the molecule is Nc1ncnc2c1c(-c1ccc(Br)cc1)nn2CCN1CCOCC1.Nc1ncnc2n[nH]c(-c3ccc(Br)cc3)c12.OCCN1CCOCC1. The summed E-state index contributed by atoms with van der Waals surface area (Å²) in [5.41, 5.74) is 17.0. The van der Waals surface area contributed by atoms with E-state index < -0.39 is 0 Å². The van der Waals surface area contributed by atoms with Crippen LogP contribution < -0.4 is 11.5 Å². The minimum atomic E-state index is 0.264. The predicted octanol–water partition coefficient (Wildman–Crippen LogP) is 3.85. The molecule has 15 nitrogen and oxygen atoms in total. The summed E-state index contributed by atoms with van der Waals surface area (Å²) in [6.07, 6.45) is 2.90. The Morgan fingerprint density at radius 3 is 1.84 bits per heavy atom. The van der Waals surface area contributed by atoms with Gasteiger partial charge in [-0.2, -0.15) is 10.2 Å². The number of nitrogens with zero attached hydrogens (tertiary/aromatic N) is 9. The van der Waals surface area contributed by atoms with Gasteiger partial charge in [-0.3, -0.25) is 14.9 Å². The number of fused-ring (bicyclic) bond motifs is 2. The molecular weight excluding hydrogens is 784 g/mol. The quantitative estimate of drug-likeness (QED) is 0.182. The number of β-amino-alcohol motifs (C(OH)–C–C–N with tert-alkyl or cyclic N) is 1. The molecule has 2 aliphatic rings. The molecule has 2 aromatic carbocycles. The Kier molecular flexibility index (Phi) is 12.9. The molecule has 51 heavy (non-hydrogen) atoms. The molecule has 0 atom stereocenters. The highest BCUT2D eigenvalue weighted by molar-refractivity contribution is 9.10. The number of morpholine rings is 2. The summed E-state index contributed by atoms with van der Waals surface area (Å²) in [5, 5.41) is 22.0. The van der Waals surface area contributed by atoms with Gasteiger partial charge in [0.15, 0.2) is 11.3 Å². The summed E-state index contributed by atoms with van der Waals surface area (Å²) in [5.74, 6) is 0.891. The first-order chi connectivity index (χ1) is 24.9. The molecule has 0 aliphatic carbocycles. The molecule has 0 unspecified atom stereocenters. The van der Waals surface area contributed by atoms with E-state index in [0.717, 1.165) is 120 Å². The first-order valence-electron chi connectivity index (χ1n) is 16.6. The summed E-state index contributed by atoms with van der Waals surface area (Å²) >= 11 is 6.86. The number of nitrogens with two attached hydrogens (primary N) is 2. The van der Waals surface area contributed by atoms with Crippen molar-refractivity contribution >= 4 is 65.6 Å². The van der Waals surface area contributed by atoms with Gasteiger partial charge in [-0.05, 0) is 24.3 Å². The molecule has 2 fully saturated rings. The molecule has 0 amide bonds. The maximum Gasteiger partial charge on any atom is 0.186 e. The van der Waals surface area contributed by atoms with E-state index in [1.165, 1.54) is 12.7 Å². The van der Waals surface area contributed by atoms with Crippen LogP contribution >= 0.6 is 31.9 Å². The maximum atomic E-state index is 8.54. The van der Waals surface area contributed by atoms with Crippen molar-refractivity contribution in [3.8, 4) is 22.5 Å². The smallest absolute Gasteiger partial charge is 0.186 e. The molecule has 0 bridgehead atoms. The first-order valence-corrected chi connectivity index (χ1v) is 18.1. The molecule has 6 heterocycles. The summed E-state index contributed by atoms with van der Waals surface area (Å²) in [6, 6.07) is 15.9. The van der Waals surface area contributed by atoms with Gasteiger partial charge in [0.2, 0.25) is 0 Å². The van der Waals surface area contributed by atoms with Crippen molar-refractivity contribution in [2.45, 2.75) is 6.54 Å². The van der Waals surface area contributed by atoms with Crippen LogP contribution in [0.15, 0.2) is 70.1 Å². The maximum absolute atomic E-state index is 8.54. The van der Waals surface area contributed by atoms with E-state index in [1.807, 2.05) is 53.2 Å². The number of aromatic nitrogens is 8. The van der Waals surface area contributed by atoms with Crippen molar-refractivity contribution in [3.05, 3.63) is 70.1 Å². The molecule has 0 saturated carbocycles. The average Bonchev–Trinajstić information content (AvgIpc) is 3.77. The Hall–Kier alpha value is -4.10. The molecule has 8 rings (SSSR count). The van der Waals surface area contributed by atoms with E-state index in [9.17, 15) is 0 Å². The van der Waals surface area contributed by atoms with E-state index in [4.69, 9.17) is 31.1 Å². The van der Waals surface area contributed by atoms with Gasteiger partial charge in [-0.25, -0.2) is 24.6 Å². The van der Waals surface area contributed by atoms with Gasteiger partial charge in [0.25, 0.3) is 0 Å². The highest BCUT2D eigenvalue weighted by Crippen LogP contribution is 2.31. The van der Waals surface area contributed by atoms with E-state index in [2.05, 4.69) is 71.8 Å². The number of benzene rings is 2. The first kappa shape index (κ1) is 36.7. The minimum absolute atomic E-state index is 0.264. The molecule has 4 aromatic heterocycles. The molecule has 268 valence electrons. The Bertz CT molecular complexity index is 1990. The lowest BCUT2D eigenvalue weighted by Crippen LogP contribution is -2.38. The van der Waals surface area contributed by atoms with Crippen LogP contribution in [0.25, 0.3) is 44.6 Å². The third-order valence-electron chi connectivity index (χ3n) is 8.44. The number of aliphatic hydroxyl groups excluding tert-OH is 1. The van der Waals surface area contributed by atoms with Crippen molar-refractivity contribution in [1.29, 1.82) is 0 Å². The van der Waals surface area contributed by atoms with E-state index >= 15 is 0 Å². The van der Waals surface area contributed by atoms with Gasteiger partial charge in [0.1, 0.15) is 30.0 Å². The summed E-state index contributed by atoms with van der Waals surface area (Å²) in [4.78, 5) is 21.2. The number of nitrogens with one attached hydrogen (secondary N) is 1. The topological polar surface area (TPSA) is 195 Å². The average molecular weight is 825 g/mol. The third-order valence-corrected chi connectivity index (χ3v) is 9.50. The second kappa shape index (κ2) is 17.9. The van der Waals surface area contributed by atoms with Crippen LogP contribution in [0, 0.1) is 0 Å². The number of aliphatic hydroxyl groups is 1. The largest absolute Gasteiger partial charge is 0.395 e. The van der Waals surface area contributed by atoms with Crippen LogP contribution in [0.3, 0.4) is 0 Å². The second-order valence-electron chi connectivity index (χ2n) is 11.7. The Morgan fingerprint density at radius 2 is 1.24 bits per heavy atom. The number of anilines is 2. The Labute approximate surface area is 311 Å². The summed E-state index contributed by atoms with van der Waals surface area (Å²) < 4.78 is 14.5. The van der Waals surface area contributed by atoms with Crippen LogP contribution in [-0.2, 0) is 16.0 Å². The van der Waals surface area contributed by atoms with Crippen molar-refractivity contribution in [2.24, 2.45) is 0 Å². The molecule has 0 radical (unpaired) electrons.